The zero-order valence-electron chi connectivity index (χ0n) is 13.1. The van der Waals surface area contributed by atoms with Gasteiger partial charge in [-0.25, -0.2) is 4.79 Å². The molecule has 120 valence electrons. The maximum absolute atomic E-state index is 12.7. The number of quaternary nitrogens is 1. The molecule has 0 aromatic heterocycles. The normalized spacial score (nSPS) is 29.2. The lowest BCUT2D eigenvalue weighted by atomic mass is 9.97. The average Bonchev–Trinajstić information content (AvgIpc) is 2.84. The molecule has 1 aliphatic heterocycles. The highest BCUT2D eigenvalue weighted by Crippen LogP contribution is 2.35. The van der Waals surface area contributed by atoms with Crippen molar-refractivity contribution in [1.29, 1.82) is 0 Å². The van der Waals surface area contributed by atoms with Crippen LogP contribution >= 0.6 is 12.6 Å². The fourth-order valence-electron chi connectivity index (χ4n) is 3.56. The SMILES string of the molecule is CC(CS)C(=O)[N@+]1(C(=O)O)C[C@@H](Cc2ccccc2)CC1C. The summed E-state index contributed by atoms with van der Waals surface area (Å²) in [4.78, 5) is 24.6. The molecule has 5 heteroatoms. The van der Waals surface area contributed by atoms with E-state index in [2.05, 4.69) is 24.8 Å². The van der Waals surface area contributed by atoms with Gasteiger partial charge in [-0.3, -0.25) is 0 Å². The molecule has 4 nitrogen and oxygen atoms in total. The molecule has 0 spiro atoms. The molecule has 2 amide bonds. The van der Waals surface area contributed by atoms with E-state index in [4.69, 9.17) is 0 Å². The zero-order chi connectivity index (χ0) is 16.3. The van der Waals surface area contributed by atoms with Crippen molar-refractivity contribution in [3.63, 3.8) is 0 Å². The second kappa shape index (κ2) is 6.84. The number of imide groups is 1. The molecule has 2 rings (SSSR count). The van der Waals surface area contributed by atoms with Gasteiger partial charge in [0.15, 0.2) is 0 Å². The zero-order valence-corrected chi connectivity index (χ0v) is 14.0. The highest BCUT2D eigenvalue weighted by atomic mass is 32.1. The predicted octanol–water partition coefficient (Wildman–Crippen LogP) is 3.22. The molecular weight excluding hydrogens is 298 g/mol. The Balaban J connectivity index is 2.22. The molecule has 1 aromatic carbocycles. The standard InChI is InChI=1S/C17H23NO3S/c1-12(11-22)16(19)18(17(20)21)10-15(8-13(18)2)9-14-6-4-3-5-7-14/h3-7,12-13,15H,8-11H2,1-2H3,(H-,20,21,22)/p+1/t12?,13?,15-,18+/m1/s1. The van der Waals surface area contributed by atoms with E-state index in [1.54, 1.807) is 6.92 Å². The largest absolute Gasteiger partial charge is 0.521 e. The number of nitrogens with zero attached hydrogens (tertiary/aromatic N) is 1. The minimum Gasteiger partial charge on any atom is -0.435 e. The molecule has 0 radical (unpaired) electrons. The smallest absolute Gasteiger partial charge is 0.435 e. The van der Waals surface area contributed by atoms with Crippen LogP contribution in [0.2, 0.25) is 0 Å². The lowest BCUT2D eigenvalue weighted by Crippen LogP contribution is -2.60. The first-order valence-electron chi connectivity index (χ1n) is 7.72. The van der Waals surface area contributed by atoms with Crippen molar-refractivity contribution in [3.8, 4) is 0 Å². The Morgan fingerprint density at radius 2 is 2.00 bits per heavy atom. The molecule has 1 aromatic rings. The van der Waals surface area contributed by atoms with Crippen LogP contribution in [-0.4, -0.2) is 39.9 Å². The quantitative estimate of drug-likeness (QED) is 0.661. The molecule has 1 saturated heterocycles. The van der Waals surface area contributed by atoms with Crippen molar-refractivity contribution in [3.05, 3.63) is 35.9 Å². The third kappa shape index (κ3) is 3.06. The van der Waals surface area contributed by atoms with E-state index < -0.39 is 10.6 Å². The second-order valence-corrected chi connectivity index (χ2v) is 6.76. The lowest BCUT2D eigenvalue weighted by molar-refractivity contribution is -0.795. The number of carbonyl (C=O) groups is 2. The van der Waals surface area contributed by atoms with E-state index in [0.29, 0.717) is 12.3 Å². The highest BCUT2D eigenvalue weighted by Gasteiger charge is 2.57. The summed E-state index contributed by atoms with van der Waals surface area (Å²) in [6, 6.07) is 9.85. The Bertz CT molecular complexity index is 548. The number of carbonyl (C=O) groups excluding carboxylic acids is 1. The molecule has 22 heavy (non-hydrogen) atoms. The van der Waals surface area contributed by atoms with Gasteiger partial charge in [0.2, 0.25) is 0 Å². The van der Waals surface area contributed by atoms with Crippen LogP contribution < -0.4 is 0 Å². The number of amides is 2. The third-order valence-corrected chi connectivity index (χ3v) is 5.32. The summed E-state index contributed by atoms with van der Waals surface area (Å²) in [7, 11) is 0. The van der Waals surface area contributed by atoms with Gasteiger partial charge in [-0.1, -0.05) is 30.3 Å². The molecule has 1 aliphatic rings. The van der Waals surface area contributed by atoms with E-state index in [1.807, 2.05) is 25.1 Å². The monoisotopic (exact) mass is 322 g/mol. The van der Waals surface area contributed by atoms with Crippen molar-refractivity contribution in [2.24, 2.45) is 11.8 Å². The van der Waals surface area contributed by atoms with Crippen molar-refractivity contribution in [1.82, 2.24) is 0 Å². The van der Waals surface area contributed by atoms with Crippen LogP contribution in [0.15, 0.2) is 30.3 Å². The number of hydrogen-bond acceptors (Lipinski definition) is 3. The molecule has 1 N–H and O–H groups in total. The van der Waals surface area contributed by atoms with Gasteiger partial charge in [-0.15, -0.1) is 0 Å². The summed E-state index contributed by atoms with van der Waals surface area (Å²) in [5.74, 6) is 0.0230. The van der Waals surface area contributed by atoms with Crippen LogP contribution in [0.1, 0.15) is 25.8 Å². The first-order valence-corrected chi connectivity index (χ1v) is 8.35. The maximum atomic E-state index is 12.7. The summed E-state index contributed by atoms with van der Waals surface area (Å²) in [6.07, 6.45) is 0.550. The van der Waals surface area contributed by atoms with E-state index in [-0.39, 0.29) is 23.8 Å². The van der Waals surface area contributed by atoms with Gasteiger partial charge in [-0.2, -0.15) is 21.9 Å². The van der Waals surface area contributed by atoms with Gasteiger partial charge in [0.05, 0.1) is 12.5 Å². The fourth-order valence-corrected chi connectivity index (χ4v) is 3.72. The number of rotatable bonds is 4. The van der Waals surface area contributed by atoms with Crippen LogP contribution in [-0.2, 0) is 11.2 Å². The van der Waals surface area contributed by atoms with Gasteiger partial charge in [0.25, 0.3) is 0 Å². The minimum atomic E-state index is -1.03. The maximum Gasteiger partial charge on any atom is 0.521 e. The molecule has 0 bridgehead atoms. The number of carboxylic acid groups (broad SMARTS) is 1. The Hall–Kier alpha value is -1.33. The summed E-state index contributed by atoms with van der Waals surface area (Å²) >= 11 is 4.16. The van der Waals surface area contributed by atoms with Gasteiger partial charge in [0, 0.05) is 18.1 Å². The Kier molecular flexibility index (Phi) is 5.29. The predicted molar refractivity (Wildman–Crippen MR) is 88.9 cm³/mol. The van der Waals surface area contributed by atoms with Crippen molar-refractivity contribution >= 4 is 24.6 Å². The van der Waals surface area contributed by atoms with E-state index in [9.17, 15) is 14.7 Å². The molecule has 0 aliphatic carbocycles. The summed E-state index contributed by atoms with van der Waals surface area (Å²) in [5.41, 5.74) is 1.19. The second-order valence-electron chi connectivity index (χ2n) is 6.40. The van der Waals surface area contributed by atoms with Crippen LogP contribution in [0, 0.1) is 11.8 Å². The number of hydrogen-bond donors (Lipinski definition) is 2. The van der Waals surface area contributed by atoms with Crippen LogP contribution in [0.25, 0.3) is 0 Å². The summed E-state index contributed by atoms with van der Waals surface area (Å²) in [5, 5.41) is 9.76. The van der Waals surface area contributed by atoms with E-state index in [1.165, 1.54) is 5.56 Å². The van der Waals surface area contributed by atoms with Gasteiger partial charge in [0.1, 0.15) is 6.04 Å². The van der Waals surface area contributed by atoms with Crippen molar-refractivity contribution in [2.75, 3.05) is 12.3 Å². The first-order chi connectivity index (χ1) is 10.4. The van der Waals surface area contributed by atoms with E-state index in [0.717, 1.165) is 12.8 Å². The minimum absolute atomic E-state index is 0.193. The summed E-state index contributed by atoms with van der Waals surface area (Å²) in [6.45, 7) is 4.01. The Morgan fingerprint density at radius 3 is 2.55 bits per heavy atom. The molecule has 1 heterocycles. The average molecular weight is 322 g/mol. The molecule has 1 fully saturated rings. The number of likely N-dealkylation sites (tertiary alicyclic amines) is 1. The van der Waals surface area contributed by atoms with Crippen LogP contribution in [0.4, 0.5) is 4.79 Å². The fraction of sp³-hybridized carbons (Fsp3) is 0.529. The van der Waals surface area contributed by atoms with Crippen molar-refractivity contribution in [2.45, 2.75) is 32.7 Å². The Labute approximate surface area is 137 Å². The molecule has 2 unspecified atom stereocenters. The van der Waals surface area contributed by atoms with Crippen LogP contribution in [0.5, 0.6) is 0 Å². The number of benzene rings is 1. The molecule has 0 saturated carbocycles. The summed E-state index contributed by atoms with van der Waals surface area (Å²) < 4.78 is -0.445. The van der Waals surface area contributed by atoms with Gasteiger partial charge >= 0.3 is 12.0 Å². The highest BCUT2D eigenvalue weighted by molar-refractivity contribution is 7.80. The third-order valence-electron chi connectivity index (χ3n) is 4.77. The molecular formula is C17H24NO3S+. The Morgan fingerprint density at radius 1 is 1.36 bits per heavy atom. The van der Waals surface area contributed by atoms with Gasteiger partial charge in [-0.05, 0) is 25.8 Å². The number of thiol groups is 1. The van der Waals surface area contributed by atoms with E-state index >= 15 is 0 Å². The van der Waals surface area contributed by atoms with Crippen molar-refractivity contribution < 1.29 is 19.2 Å². The van der Waals surface area contributed by atoms with Gasteiger partial charge < -0.3 is 5.11 Å². The molecule has 4 atom stereocenters. The van der Waals surface area contributed by atoms with Crippen LogP contribution in [0.3, 0.4) is 0 Å². The first kappa shape index (κ1) is 17.0. The topological polar surface area (TPSA) is 54.4 Å². The lowest BCUT2D eigenvalue weighted by Gasteiger charge is -2.31.